The van der Waals surface area contributed by atoms with Crippen molar-refractivity contribution in [3.05, 3.63) is 58.1 Å². The first-order chi connectivity index (χ1) is 12.0. The van der Waals surface area contributed by atoms with Crippen molar-refractivity contribution in [3.8, 4) is 5.75 Å². The van der Waals surface area contributed by atoms with E-state index in [1.807, 2.05) is 44.2 Å². The third-order valence-corrected chi connectivity index (χ3v) is 4.29. The minimum Gasteiger partial charge on any atom is -0.496 e. The predicted octanol–water partition coefficient (Wildman–Crippen LogP) is 4.13. The zero-order chi connectivity index (χ0) is 18.2. The first-order valence-corrected chi connectivity index (χ1v) is 8.78. The molecule has 0 radical (unpaired) electrons. The predicted molar refractivity (Wildman–Crippen MR) is 104 cm³/mol. The molecule has 5 heteroatoms. The van der Waals surface area contributed by atoms with Crippen LogP contribution in [0.2, 0.25) is 5.02 Å². The molecular weight excluding hydrogens is 336 g/mol. The molecule has 0 saturated heterocycles. The Morgan fingerprint density at radius 3 is 2.64 bits per heavy atom. The highest BCUT2D eigenvalue weighted by Crippen LogP contribution is 2.27. The summed E-state index contributed by atoms with van der Waals surface area (Å²) in [4.78, 5) is 12.0. The van der Waals surface area contributed by atoms with Gasteiger partial charge in [-0.3, -0.25) is 4.79 Å². The molecule has 1 amide bonds. The van der Waals surface area contributed by atoms with Gasteiger partial charge in [0.25, 0.3) is 0 Å². The van der Waals surface area contributed by atoms with Crippen LogP contribution in [-0.2, 0) is 11.2 Å². The summed E-state index contributed by atoms with van der Waals surface area (Å²) in [6, 6.07) is 11.8. The summed E-state index contributed by atoms with van der Waals surface area (Å²) in [7, 11) is 1.65. The third kappa shape index (κ3) is 5.68. The fraction of sp³-hybridized carbons (Fsp3) is 0.350. The summed E-state index contributed by atoms with van der Waals surface area (Å²) in [6.45, 7) is 5.15. The number of hydrogen-bond donors (Lipinski definition) is 2. The van der Waals surface area contributed by atoms with Crippen molar-refractivity contribution in [2.45, 2.75) is 26.7 Å². The number of carbonyl (C=O) groups excluding carboxylic acids is 1. The van der Waals surface area contributed by atoms with Gasteiger partial charge in [0, 0.05) is 19.5 Å². The van der Waals surface area contributed by atoms with Crippen LogP contribution in [0.3, 0.4) is 0 Å². The number of nitrogens with one attached hydrogen (secondary N) is 2. The van der Waals surface area contributed by atoms with Gasteiger partial charge < -0.3 is 15.4 Å². The van der Waals surface area contributed by atoms with E-state index in [0.717, 1.165) is 34.5 Å². The second-order valence-electron chi connectivity index (χ2n) is 6.03. The van der Waals surface area contributed by atoms with Crippen molar-refractivity contribution in [2.75, 3.05) is 25.5 Å². The van der Waals surface area contributed by atoms with Gasteiger partial charge in [-0.25, -0.2) is 0 Å². The number of rotatable bonds is 8. The standard InChI is InChI=1S/C20H25ClN2O2/c1-14-12-15(2)20(17(21)13-14)23-11-9-19(24)22-10-8-16-6-4-5-7-18(16)25-3/h4-7,12-13,23H,8-11H2,1-3H3,(H,22,24). The van der Waals surface area contributed by atoms with Crippen molar-refractivity contribution < 1.29 is 9.53 Å². The maximum Gasteiger partial charge on any atom is 0.221 e. The quantitative estimate of drug-likeness (QED) is 0.744. The van der Waals surface area contributed by atoms with Crippen molar-refractivity contribution in [2.24, 2.45) is 0 Å². The Morgan fingerprint density at radius 2 is 1.92 bits per heavy atom. The van der Waals surface area contributed by atoms with Gasteiger partial charge in [-0.05, 0) is 49.1 Å². The summed E-state index contributed by atoms with van der Waals surface area (Å²) >= 11 is 6.26. The number of amides is 1. The molecule has 2 aromatic rings. The molecule has 25 heavy (non-hydrogen) atoms. The molecule has 2 rings (SSSR count). The lowest BCUT2D eigenvalue weighted by molar-refractivity contribution is -0.120. The van der Waals surface area contributed by atoms with Gasteiger partial charge in [-0.1, -0.05) is 35.9 Å². The number of benzene rings is 2. The molecule has 0 atom stereocenters. The molecule has 0 heterocycles. The van der Waals surface area contributed by atoms with Crippen molar-refractivity contribution in [1.82, 2.24) is 5.32 Å². The highest BCUT2D eigenvalue weighted by molar-refractivity contribution is 6.33. The highest BCUT2D eigenvalue weighted by Gasteiger charge is 2.07. The van der Waals surface area contributed by atoms with E-state index < -0.39 is 0 Å². The van der Waals surface area contributed by atoms with Crippen LogP contribution in [0.5, 0.6) is 5.75 Å². The van der Waals surface area contributed by atoms with Gasteiger partial charge in [0.1, 0.15) is 5.75 Å². The third-order valence-electron chi connectivity index (χ3n) is 3.99. The summed E-state index contributed by atoms with van der Waals surface area (Å²) in [5.41, 5.74) is 4.20. The number of methoxy groups -OCH3 is 1. The van der Waals surface area contributed by atoms with Crippen LogP contribution in [0.4, 0.5) is 5.69 Å². The van der Waals surface area contributed by atoms with Gasteiger partial charge in [0.05, 0.1) is 17.8 Å². The van der Waals surface area contributed by atoms with Crippen molar-refractivity contribution in [3.63, 3.8) is 0 Å². The smallest absolute Gasteiger partial charge is 0.221 e. The normalized spacial score (nSPS) is 10.4. The molecule has 4 nitrogen and oxygen atoms in total. The van der Waals surface area contributed by atoms with E-state index in [-0.39, 0.29) is 5.91 Å². The zero-order valence-corrected chi connectivity index (χ0v) is 15.7. The molecule has 0 bridgehead atoms. The van der Waals surface area contributed by atoms with Crippen LogP contribution in [0.15, 0.2) is 36.4 Å². The minimum absolute atomic E-state index is 0.0169. The highest BCUT2D eigenvalue weighted by atomic mass is 35.5. The molecule has 0 fully saturated rings. The van der Waals surface area contributed by atoms with E-state index in [9.17, 15) is 4.79 Å². The van der Waals surface area contributed by atoms with Crippen LogP contribution < -0.4 is 15.4 Å². The monoisotopic (exact) mass is 360 g/mol. The Balaban J connectivity index is 1.74. The number of para-hydroxylation sites is 1. The Morgan fingerprint density at radius 1 is 1.16 bits per heavy atom. The van der Waals surface area contributed by atoms with E-state index in [4.69, 9.17) is 16.3 Å². The summed E-state index contributed by atoms with van der Waals surface area (Å²) < 4.78 is 5.31. The molecular formula is C20H25ClN2O2. The molecule has 2 N–H and O–H groups in total. The molecule has 2 aromatic carbocycles. The van der Waals surface area contributed by atoms with E-state index in [1.54, 1.807) is 7.11 Å². The van der Waals surface area contributed by atoms with E-state index >= 15 is 0 Å². The molecule has 0 unspecified atom stereocenters. The summed E-state index contributed by atoms with van der Waals surface area (Å²) in [5, 5.41) is 6.88. The maximum atomic E-state index is 12.0. The molecule has 0 aromatic heterocycles. The maximum absolute atomic E-state index is 12.0. The lowest BCUT2D eigenvalue weighted by Crippen LogP contribution is -2.27. The Kier molecular flexibility index (Phi) is 7.14. The number of anilines is 1. The van der Waals surface area contributed by atoms with Crippen LogP contribution in [-0.4, -0.2) is 26.1 Å². The fourth-order valence-electron chi connectivity index (χ4n) is 2.78. The summed E-state index contributed by atoms with van der Waals surface area (Å²) in [5.74, 6) is 0.867. The van der Waals surface area contributed by atoms with Crippen LogP contribution >= 0.6 is 11.6 Å². The number of hydrogen-bond acceptors (Lipinski definition) is 3. The fourth-order valence-corrected chi connectivity index (χ4v) is 3.16. The van der Waals surface area contributed by atoms with E-state index in [1.165, 1.54) is 0 Å². The number of carbonyl (C=O) groups is 1. The van der Waals surface area contributed by atoms with Crippen LogP contribution in [0, 0.1) is 13.8 Å². The Hall–Kier alpha value is -2.20. The van der Waals surface area contributed by atoms with Crippen LogP contribution in [0.25, 0.3) is 0 Å². The zero-order valence-electron chi connectivity index (χ0n) is 15.0. The van der Waals surface area contributed by atoms with Crippen LogP contribution in [0.1, 0.15) is 23.1 Å². The number of ether oxygens (including phenoxy) is 1. The van der Waals surface area contributed by atoms with E-state index in [2.05, 4.69) is 16.7 Å². The van der Waals surface area contributed by atoms with Gasteiger partial charge >= 0.3 is 0 Å². The first kappa shape index (κ1) is 19.1. The number of aryl methyl sites for hydroxylation is 2. The SMILES string of the molecule is COc1ccccc1CCNC(=O)CCNc1c(C)cc(C)cc1Cl. The number of halogens is 1. The second-order valence-corrected chi connectivity index (χ2v) is 6.43. The van der Waals surface area contributed by atoms with Crippen molar-refractivity contribution >= 4 is 23.2 Å². The van der Waals surface area contributed by atoms with Gasteiger partial charge in [0.2, 0.25) is 5.91 Å². The molecule has 0 aliphatic carbocycles. The molecule has 0 saturated carbocycles. The first-order valence-electron chi connectivity index (χ1n) is 8.40. The van der Waals surface area contributed by atoms with Gasteiger partial charge in [0.15, 0.2) is 0 Å². The Bertz CT molecular complexity index is 708. The van der Waals surface area contributed by atoms with Gasteiger partial charge in [-0.2, -0.15) is 0 Å². The molecule has 0 aliphatic heterocycles. The Labute approximate surface area is 154 Å². The second kappa shape index (κ2) is 9.33. The largest absolute Gasteiger partial charge is 0.496 e. The molecule has 0 aliphatic rings. The lowest BCUT2D eigenvalue weighted by Gasteiger charge is -2.13. The van der Waals surface area contributed by atoms with Gasteiger partial charge in [-0.15, -0.1) is 0 Å². The molecule has 134 valence electrons. The van der Waals surface area contributed by atoms with E-state index in [0.29, 0.717) is 24.5 Å². The minimum atomic E-state index is 0.0169. The van der Waals surface area contributed by atoms with Crippen molar-refractivity contribution in [1.29, 1.82) is 0 Å². The molecule has 0 spiro atoms. The topological polar surface area (TPSA) is 50.4 Å². The lowest BCUT2D eigenvalue weighted by atomic mass is 10.1. The average molecular weight is 361 g/mol. The summed E-state index contributed by atoms with van der Waals surface area (Å²) in [6.07, 6.45) is 1.14. The average Bonchev–Trinajstić information content (AvgIpc) is 2.57.